The lowest BCUT2D eigenvalue weighted by Gasteiger charge is -2.18. The molecule has 3 rings (SSSR count). The van der Waals surface area contributed by atoms with E-state index in [1.165, 1.54) is 5.57 Å². The molecule has 0 saturated heterocycles. The maximum Gasteiger partial charge on any atom is 0.201 e. The first-order chi connectivity index (χ1) is 10.6. The van der Waals surface area contributed by atoms with Crippen LogP contribution in [0.1, 0.15) is 18.9 Å². The van der Waals surface area contributed by atoms with E-state index in [0.717, 1.165) is 24.0 Å². The number of rotatable bonds is 3. The first kappa shape index (κ1) is 14.9. The highest BCUT2D eigenvalue weighted by Gasteiger charge is 2.14. The highest BCUT2D eigenvalue weighted by molar-refractivity contribution is 9.09. The normalized spacial score (nSPS) is 20.9. The van der Waals surface area contributed by atoms with Crippen molar-refractivity contribution in [3.63, 3.8) is 0 Å². The summed E-state index contributed by atoms with van der Waals surface area (Å²) in [5.41, 5.74) is 9.71. The predicted octanol–water partition coefficient (Wildman–Crippen LogP) is 3.78. The second-order valence-electron chi connectivity index (χ2n) is 5.59. The number of hydrogen-bond acceptors (Lipinski definition) is 3. The molecule has 1 aliphatic carbocycles. The molecule has 5 heteroatoms. The Morgan fingerprint density at radius 1 is 1.45 bits per heavy atom. The zero-order chi connectivity index (χ0) is 15.7. The number of hydrogen-bond donors (Lipinski definition) is 1. The van der Waals surface area contributed by atoms with Crippen LogP contribution in [0.4, 0.5) is 5.95 Å². The van der Waals surface area contributed by atoms with E-state index in [9.17, 15) is 0 Å². The van der Waals surface area contributed by atoms with Gasteiger partial charge in [-0.15, -0.1) is 0 Å². The average molecular weight is 357 g/mol. The Morgan fingerprint density at radius 3 is 3.00 bits per heavy atom. The Labute approximate surface area is 138 Å². The molecule has 0 radical (unpaired) electrons. The molecule has 2 unspecified atom stereocenters. The summed E-state index contributed by atoms with van der Waals surface area (Å²) in [6.45, 7) is 2.98. The minimum atomic E-state index is 0.416. The predicted molar refractivity (Wildman–Crippen MR) is 92.6 cm³/mol. The van der Waals surface area contributed by atoms with Crippen LogP contribution in [-0.4, -0.2) is 14.4 Å². The maximum atomic E-state index is 8.96. The number of halogens is 1. The van der Waals surface area contributed by atoms with Crippen molar-refractivity contribution in [2.45, 2.75) is 24.7 Å². The van der Waals surface area contributed by atoms with Gasteiger partial charge in [-0.25, -0.2) is 4.98 Å². The molecule has 2 atom stereocenters. The van der Waals surface area contributed by atoms with Crippen molar-refractivity contribution in [2.75, 3.05) is 5.73 Å². The van der Waals surface area contributed by atoms with E-state index in [1.807, 2.05) is 10.6 Å². The molecule has 1 aromatic heterocycles. The zero-order valence-corrected chi connectivity index (χ0v) is 13.9. The summed E-state index contributed by atoms with van der Waals surface area (Å²) in [6.07, 6.45) is 7.57. The van der Waals surface area contributed by atoms with Gasteiger partial charge in [0.2, 0.25) is 5.95 Å². The molecule has 0 amide bonds. The summed E-state index contributed by atoms with van der Waals surface area (Å²) in [5.74, 6) is 0.993. The molecule has 0 aliphatic heterocycles. The molecule has 4 nitrogen and oxygen atoms in total. The monoisotopic (exact) mass is 356 g/mol. The molecular weight excluding hydrogens is 340 g/mol. The Hall–Kier alpha value is -2.06. The van der Waals surface area contributed by atoms with Gasteiger partial charge in [-0.1, -0.05) is 46.7 Å². The Morgan fingerprint density at radius 2 is 2.27 bits per heavy atom. The molecule has 2 aromatic rings. The Balaban J connectivity index is 1.83. The number of imidazole rings is 1. The highest BCUT2D eigenvalue weighted by Crippen LogP contribution is 2.26. The second-order valence-corrected chi connectivity index (χ2v) is 6.65. The summed E-state index contributed by atoms with van der Waals surface area (Å²) in [5, 5.41) is 8.96. The van der Waals surface area contributed by atoms with E-state index in [4.69, 9.17) is 11.0 Å². The van der Waals surface area contributed by atoms with Crippen LogP contribution in [0, 0.1) is 17.2 Å². The van der Waals surface area contributed by atoms with Gasteiger partial charge in [0.25, 0.3) is 0 Å². The Bertz CT molecular complexity index is 810. The minimum Gasteiger partial charge on any atom is -0.369 e. The van der Waals surface area contributed by atoms with E-state index in [-0.39, 0.29) is 0 Å². The first-order valence-corrected chi connectivity index (χ1v) is 8.19. The van der Waals surface area contributed by atoms with E-state index < -0.39 is 0 Å². The molecule has 0 saturated carbocycles. The number of anilines is 1. The van der Waals surface area contributed by atoms with Crippen LogP contribution >= 0.6 is 15.9 Å². The van der Waals surface area contributed by atoms with Crippen molar-refractivity contribution in [3.05, 3.63) is 47.6 Å². The van der Waals surface area contributed by atoms with Gasteiger partial charge in [0, 0.05) is 11.4 Å². The summed E-state index contributed by atoms with van der Waals surface area (Å²) in [4.78, 5) is 4.77. The van der Waals surface area contributed by atoms with Gasteiger partial charge in [-0.3, -0.25) is 0 Å². The van der Waals surface area contributed by atoms with Crippen molar-refractivity contribution >= 4 is 32.9 Å². The maximum absolute atomic E-state index is 8.96. The summed E-state index contributed by atoms with van der Waals surface area (Å²) in [7, 11) is 0. The largest absolute Gasteiger partial charge is 0.369 e. The second kappa shape index (κ2) is 5.98. The number of aromatic nitrogens is 2. The zero-order valence-electron chi connectivity index (χ0n) is 12.3. The number of benzene rings is 1. The van der Waals surface area contributed by atoms with Crippen molar-refractivity contribution in [3.8, 4) is 6.07 Å². The number of nitrogens with zero attached hydrogens (tertiary/aromatic N) is 3. The Kier molecular flexibility index (Phi) is 4.04. The van der Waals surface area contributed by atoms with Crippen molar-refractivity contribution in [1.82, 2.24) is 9.55 Å². The third-order valence-corrected chi connectivity index (χ3v) is 5.14. The number of alkyl halides is 1. The summed E-state index contributed by atoms with van der Waals surface area (Å²) in [6, 6.07) is 7.62. The number of nitriles is 1. The van der Waals surface area contributed by atoms with Gasteiger partial charge >= 0.3 is 0 Å². The van der Waals surface area contributed by atoms with Crippen LogP contribution in [0.3, 0.4) is 0 Å². The smallest absolute Gasteiger partial charge is 0.201 e. The molecule has 1 aromatic carbocycles. The fourth-order valence-electron chi connectivity index (χ4n) is 2.74. The van der Waals surface area contributed by atoms with Crippen molar-refractivity contribution in [2.24, 2.45) is 5.92 Å². The molecule has 22 heavy (non-hydrogen) atoms. The number of aryl methyl sites for hydroxylation is 1. The topological polar surface area (TPSA) is 67.6 Å². The van der Waals surface area contributed by atoms with Gasteiger partial charge in [-0.05, 0) is 30.5 Å². The van der Waals surface area contributed by atoms with Crippen molar-refractivity contribution < 1.29 is 0 Å². The lowest BCUT2D eigenvalue weighted by molar-refractivity contribution is 0.698. The molecule has 1 heterocycles. The first-order valence-electron chi connectivity index (χ1n) is 7.27. The van der Waals surface area contributed by atoms with Gasteiger partial charge in [0.15, 0.2) is 0 Å². The number of allylic oxidation sites excluding steroid dienone is 4. The van der Waals surface area contributed by atoms with Crippen LogP contribution < -0.4 is 5.73 Å². The summed E-state index contributed by atoms with van der Waals surface area (Å²) < 4.78 is 2.01. The molecular formula is C17H17BrN4. The third-order valence-electron chi connectivity index (χ3n) is 4.00. The molecule has 1 aliphatic rings. The van der Waals surface area contributed by atoms with E-state index >= 15 is 0 Å². The van der Waals surface area contributed by atoms with E-state index in [1.54, 1.807) is 12.1 Å². The lowest BCUT2D eigenvalue weighted by Crippen LogP contribution is -2.11. The van der Waals surface area contributed by atoms with Gasteiger partial charge < -0.3 is 10.3 Å². The van der Waals surface area contributed by atoms with Crippen LogP contribution in [0.5, 0.6) is 0 Å². The molecule has 2 N–H and O–H groups in total. The van der Waals surface area contributed by atoms with Crippen LogP contribution in [-0.2, 0) is 6.54 Å². The van der Waals surface area contributed by atoms with Gasteiger partial charge in [0.1, 0.15) is 0 Å². The standard InChI is InChI=1S/C17H17BrN4/c1-11-8-12(2-4-14(11)18)6-7-22-16-5-3-13(10-19)9-15(16)21-17(22)20/h2-5,8-9,11,14H,6-7H2,1H3,(H2,20,21). The fraction of sp³-hybridized carbons (Fsp3) is 0.294. The number of nitrogen functional groups attached to an aromatic ring is 1. The van der Waals surface area contributed by atoms with Crippen LogP contribution in [0.2, 0.25) is 0 Å². The third kappa shape index (κ3) is 2.79. The minimum absolute atomic E-state index is 0.416. The van der Waals surface area contributed by atoms with Gasteiger partial charge in [-0.2, -0.15) is 5.26 Å². The molecule has 0 spiro atoms. The molecule has 0 bridgehead atoms. The van der Waals surface area contributed by atoms with Gasteiger partial charge in [0.05, 0.1) is 22.7 Å². The van der Waals surface area contributed by atoms with Crippen molar-refractivity contribution in [1.29, 1.82) is 5.26 Å². The lowest BCUT2D eigenvalue weighted by atomic mass is 9.96. The number of fused-ring (bicyclic) bond motifs is 1. The SMILES string of the molecule is CC1C=C(CCn2c(N)nc3cc(C#N)ccc32)C=CC1Br. The molecule has 0 fully saturated rings. The van der Waals surface area contributed by atoms with E-state index in [2.05, 4.69) is 52.1 Å². The fourth-order valence-corrected chi connectivity index (χ4v) is 3.04. The molecule has 112 valence electrons. The number of nitrogens with two attached hydrogens (primary N) is 1. The van der Waals surface area contributed by atoms with Crippen LogP contribution in [0.15, 0.2) is 42.0 Å². The average Bonchev–Trinajstić information content (AvgIpc) is 2.83. The van der Waals surface area contributed by atoms with E-state index in [0.29, 0.717) is 22.3 Å². The summed E-state index contributed by atoms with van der Waals surface area (Å²) >= 11 is 3.64. The highest BCUT2D eigenvalue weighted by atomic mass is 79.9. The quantitative estimate of drug-likeness (QED) is 0.850. The van der Waals surface area contributed by atoms with Crippen LogP contribution in [0.25, 0.3) is 11.0 Å².